The average Bonchev–Trinajstić information content (AvgIpc) is 3.61. The molecule has 1 spiro atoms. The fourth-order valence-corrected chi connectivity index (χ4v) is 6.78. The number of halogens is 3. The molecule has 1 unspecified atom stereocenters. The van der Waals surface area contributed by atoms with Gasteiger partial charge in [-0.3, -0.25) is 4.90 Å². The molecule has 2 aromatic carbocycles. The van der Waals surface area contributed by atoms with E-state index in [1.54, 1.807) is 4.90 Å². The van der Waals surface area contributed by atoms with E-state index in [-0.39, 0.29) is 17.5 Å². The smallest absolute Gasteiger partial charge is 0.416 e. The van der Waals surface area contributed by atoms with Crippen molar-refractivity contribution >= 4 is 6.09 Å². The molecule has 3 saturated heterocycles. The van der Waals surface area contributed by atoms with E-state index < -0.39 is 17.8 Å². The third kappa shape index (κ3) is 3.60. The van der Waals surface area contributed by atoms with Crippen molar-refractivity contribution < 1.29 is 23.1 Å². The highest BCUT2D eigenvalue weighted by Gasteiger charge is 2.57. The highest BCUT2D eigenvalue weighted by molar-refractivity contribution is 5.69. The topological polar surface area (TPSA) is 43.8 Å². The van der Waals surface area contributed by atoms with Crippen molar-refractivity contribution in [2.24, 2.45) is 11.3 Å². The van der Waals surface area contributed by atoms with Crippen LogP contribution in [-0.2, 0) is 12.6 Å². The molecule has 2 aromatic rings. The highest BCUT2D eigenvalue weighted by atomic mass is 19.4. The predicted octanol–water partition coefficient (Wildman–Crippen LogP) is 6.21. The number of carbonyl (C=O) groups is 1. The number of nitrogens with zero attached hydrogens (tertiary/aromatic N) is 2. The summed E-state index contributed by atoms with van der Waals surface area (Å²) in [5, 5.41) is 10.5. The first-order chi connectivity index (χ1) is 16.2. The molecule has 180 valence electrons. The quantitative estimate of drug-likeness (QED) is 0.580. The van der Waals surface area contributed by atoms with Gasteiger partial charge in [0, 0.05) is 6.54 Å². The predicted molar refractivity (Wildman–Crippen MR) is 122 cm³/mol. The zero-order chi connectivity index (χ0) is 23.7. The van der Waals surface area contributed by atoms with Gasteiger partial charge in [0.15, 0.2) is 0 Å². The number of benzene rings is 2. The number of hydrogen-bond acceptors (Lipinski definition) is 2. The Morgan fingerprint density at radius 2 is 1.68 bits per heavy atom. The number of rotatable bonds is 3. The van der Waals surface area contributed by atoms with Gasteiger partial charge in [0.1, 0.15) is 0 Å². The Morgan fingerprint density at radius 1 is 1.00 bits per heavy atom. The van der Waals surface area contributed by atoms with Crippen LogP contribution in [0, 0.1) is 11.3 Å². The summed E-state index contributed by atoms with van der Waals surface area (Å²) in [6.07, 6.45) is 0.873. The lowest BCUT2D eigenvalue weighted by atomic mass is 9.73. The van der Waals surface area contributed by atoms with Crippen molar-refractivity contribution in [2.75, 3.05) is 19.6 Å². The van der Waals surface area contributed by atoms with E-state index in [2.05, 4.69) is 17.0 Å². The second kappa shape index (κ2) is 7.74. The maximum Gasteiger partial charge on any atom is 0.416 e. The van der Waals surface area contributed by atoms with Crippen LogP contribution in [0.25, 0.3) is 11.1 Å². The first-order valence-corrected chi connectivity index (χ1v) is 12.3. The zero-order valence-electron chi connectivity index (χ0n) is 19.0. The van der Waals surface area contributed by atoms with Crippen molar-refractivity contribution in [1.29, 1.82) is 0 Å². The summed E-state index contributed by atoms with van der Waals surface area (Å²) in [4.78, 5) is 17.0. The molecule has 1 N–H and O–H groups in total. The van der Waals surface area contributed by atoms with Gasteiger partial charge in [0.2, 0.25) is 0 Å². The summed E-state index contributed by atoms with van der Waals surface area (Å²) in [6, 6.07) is 11.1. The monoisotopic (exact) mass is 470 g/mol. The van der Waals surface area contributed by atoms with Gasteiger partial charge in [-0.25, -0.2) is 4.79 Å². The standard InChI is InChI=1S/C27H29F3N2O2/c28-27(29,30)21-5-3-17(4-6-21)20-2-1-18-7-10-26(11-12-26)24(22(18)15-20)32(25(33)34)23-16-31-13-8-19(23)9-14-31/h1-6,15,19,23-24H,7-14,16H2,(H,33,34)/t23-,24?/m1/s1. The maximum atomic E-state index is 13.0. The van der Waals surface area contributed by atoms with Crippen LogP contribution in [0.4, 0.5) is 18.0 Å². The Kier molecular flexibility index (Phi) is 5.00. The van der Waals surface area contributed by atoms with Gasteiger partial charge in [0.25, 0.3) is 0 Å². The van der Waals surface area contributed by atoms with Crippen LogP contribution in [0.5, 0.6) is 0 Å². The lowest BCUT2D eigenvalue weighted by Gasteiger charge is -2.52. The van der Waals surface area contributed by atoms with Crippen LogP contribution < -0.4 is 0 Å². The molecule has 4 fully saturated rings. The van der Waals surface area contributed by atoms with E-state index in [4.69, 9.17) is 0 Å². The molecule has 7 rings (SSSR count). The molecule has 3 aliphatic heterocycles. The van der Waals surface area contributed by atoms with Crippen molar-refractivity contribution in [1.82, 2.24) is 9.80 Å². The molecule has 2 aliphatic carbocycles. The fraction of sp³-hybridized carbons (Fsp3) is 0.519. The molecule has 3 heterocycles. The average molecular weight is 471 g/mol. The number of fused-ring (bicyclic) bond motifs is 4. The lowest BCUT2D eigenvalue weighted by molar-refractivity contribution is -0.137. The van der Waals surface area contributed by atoms with Crippen LogP contribution in [0.1, 0.15) is 54.8 Å². The van der Waals surface area contributed by atoms with E-state index in [1.807, 2.05) is 6.07 Å². The van der Waals surface area contributed by atoms with Gasteiger partial charge in [-0.15, -0.1) is 0 Å². The molecule has 0 radical (unpaired) electrons. The Morgan fingerprint density at radius 3 is 2.24 bits per heavy atom. The lowest BCUT2D eigenvalue weighted by Crippen LogP contribution is -2.60. The second-order valence-electron chi connectivity index (χ2n) is 10.6. The third-order valence-electron chi connectivity index (χ3n) is 8.83. The first-order valence-electron chi connectivity index (χ1n) is 12.3. The minimum atomic E-state index is -4.37. The van der Waals surface area contributed by atoms with Crippen molar-refractivity contribution in [3.05, 3.63) is 59.2 Å². The summed E-state index contributed by atoms with van der Waals surface area (Å²) in [5.41, 5.74) is 3.12. The molecule has 1 amide bonds. The second-order valence-corrected chi connectivity index (χ2v) is 10.6. The van der Waals surface area contributed by atoms with Crippen LogP contribution in [0.15, 0.2) is 42.5 Å². The molecule has 5 aliphatic rings. The number of piperidine rings is 3. The van der Waals surface area contributed by atoms with Crippen LogP contribution >= 0.6 is 0 Å². The van der Waals surface area contributed by atoms with Crippen LogP contribution in [-0.4, -0.2) is 46.7 Å². The number of carboxylic acid groups (broad SMARTS) is 1. The minimum absolute atomic E-state index is 0.00292. The third-order valence-corrected chi connectivity index (χ3v) is 8.83. The van der Waals surface area contributed by atoms with E-state index in [1.165, 1.54) is 17.7 Å². The number of amides is 1. The molecule has 2 bridgehead atoms. The normalized spacial score (nSPS) is 29.0. The zero-order valence-corrected chi connectivity index (χ0v) is 19.0. The van der Waals surface area contributed by atoms with Crippen molar-refractivity contribution in [2.45, 2.75) is 56.8 Å². The Labute approximate surface area is 197 Å². The molecule has 4 nitrogen and oxygen atoms in total. The van der Waals surface area contributed by atoms with Crippen molar-refractivity contribution in [3.8, 4) is 11.1 Å². The molecular formula is C27H29F3N2O2. The minimum Gasteiger partial charge on any atom is -0.465 e. The fourth-order valence-electron chi connectivity index (χ4n) is 6.78. The summed E-state index contributed by atoms with van der Waals surface area (Å²) >= 11 is 0. The van der Waals surface area contributed by atoms with Gasteiger partial charge in [-0.1, -0.05) is 24.3 Å². The van der Waals surface area contributed by atoms with Crippen molar-refractivity contribution in [3.63, 3.8) is 0 Å². The highest BCUT2D eigenvalue weighted by Crippen LogP contribution is 2.64. The number of hydrogen-bond donors (Lipinski definition) is 1. The van der Waals surface area contributed by atoms with E-state index in [0.717, 1.165) is 87.0 Å². The summed E-state index contributed by atoms with van der Waals surface area (Å²) in [7, 11) is 0. The first kappa shape index (κ1) is 22.0. The van der Waals surface area contributed by atoms with Crippen LogP contribution in [0.3, 0.4) is 0 Å². The summed E-state index contributed by atoms with van der Waals surface area (Å²) < 4.78 is 39.1. The molecule has 1 saturated carbocycles. The molecule has 34 heavy (non-hydrogen) atoms. The Bertz CT molecular complexity index is 1100. The van der Waals surface area contributed by atoms with E-state index in [9.17, 15) is 23.1 Å². The summed E-state index contributed by atoms with van der Waals surface area (Å²) in [5.74, 6) is 0.403. The maximum absolute atomic E-state index is 13.0. The SMILES string of the molecule is O=C(O)N(C1c2cc(-c3ccc(C(F)(F)F)cc3)ccc2CCC12CC2)[C@@H]1CN2CCC1CC2. The van der Waals surface area contributed by atoms with Gasteiger partial charge in [-0.05, 0) is 103 Å². The van der Waals surface area contributed by atoms with Gasteiger partial charge in [0.05, 0.1) is 17.6 Å². The number of aryl methyl sites for hydroxylation is 1. The van der Waals surface area contributed by atoms with Gasteiger partial charge >= 0.3 is 12.3 Å². The molecule has 2 atom stereocenters. The molecular weight excluding hydrogens is 441 g/mol. The molecule has 0 aromatic heterocycles. The Hall–Kier alpha value is -2.54. The largest absolute Gasteiger partial charge is 0.465 e. The van der Waals surface area contributed by atoms with E-state index >= 15 is 0 Å². The molecule has 7 heteroatoms. The Balaban J connectivity index is 1.40. The number of alkyl halides is 3. The van der Waals surface area contributed by atoms with Crippen LogP contribution in [0.2, 0.25) is 0 Å². The van der Waals surface area contributed by atoms with E-state index in [0.29, 0.717) is 5.92 Å². The van der Waals surface area contributed by atoms with Gasteiger partial charge < -0.3 is 10.0 Å². The summed E-state index contributed by atoms with van der Waals surface area (Å²) in [6.45, 7) is 2.91. The van der Waals surface area contributed by atoms with Gasteiger partial charge in [-0.2, -0.15) is 13.2 Å².